The van der Waals surface area contributed by atoms with Crippen LogP contribution in [0.15, 0.2) is 52.3 Å². The normalized spacial score (nSPS) is 9.60. The lowest BCUT2D eigenvalue weighted by Crippen LogP contribution is -1.91. The SMILES string of the molecule is CC.Cc1ccc(Sc2ccc(C)cc2[N+](=O)[O-])cc1. The van der Waals surface area contributed by atoms with Gasteiger partial charge in [0.05, 0.1) is 9.82 Å². The van der Waals surface area contributed by atoms with E-state index in [2.05, 4.69) is 0 Å². The topological polar surface area (TPSA) is 43.1 Å². The van der Waals surface area contributed by atoms with E-state index < -0.39 is 0 Å². The molecule has 20 heavy (non-hydrogen) atoms. The van der Waals surface area contributed by atoms with Gasteiger partial charge in [0.15, 0.2) is 0 Å². The summed E-state index contributed by atoms with van der Waals surface area (Å²) in [6.07, 6.45) is 0. The highest BCUT2D eigenvalue weighted by atomic mass is 32.2. The summed E-state index contributed by atoms with van der Waals surface area (Å²) in [4.78, 5) is 12.4. The molecule has 2 aromatic rings. The van der Waals surface area contributed by atoms with E-state index in [0.717, 1.165) is 10.5 Å². The monoisotopic (exact) mass is 289 g/mol. The zero-order chi connectivity index (χ0) is 15.1. The predicted octanol–water partition coefficient (Wildman–Crippen LogP) is 5.39. The van der Waals surface area contributed by atoms with Gasteiger partial charge < -0.3 is 0 Å². The van der Waals surface area contributed by atoms with Gasteiger partial charge in [0.25, 0.3) is 5.69 Å². The third-order valence-electron chi connectivity index (χ3n) is 2.56. The first-order valence-electron chi connectivity index (χ1n) is 6.56. The Balaban J connectivity index is 0.000000956. The molecular formula is C16H19NO2S. The van der Waals surface area contributed by atoms with Gasteiger partial charge in [-0.1, -0.05) is 49.4 Å². The van der Waals surface area contributed by atoms with Crippen molar-refractivity contribution in [2.75, 3.05) is 0 Å². The van der Waals surface area contributed by atoms with Gasteiger partial charge in [-0.3, -0.25) is 10.1 Å². The molecule has 0 radical (unpaired) electrons. The van der Waals surface area contributed by atoms with Gasteiger partial charge in [-0.05, 0) is 37.6 Å². The molecule has 0 amide bonds. The summed E-state index contributed by atoms with van der Waals surface area (Å²) >= 11 is 1.42. The van der Waals surface area contributed by atoms with Crippen LogP contribution in [0.3, 0.4) is 0 Å². The van der Waals surface area contributed by atoms with E-state index in [-0.39, 0.29) is 10.6 Å². The average molecular weight is 289 g/mol. The van der Waals surface area contributed by atoms with Crippen LogP contribution in [0.25, 0.3) is 0 Å². The Bertz CT molecular complexity index is 580. The maximum atomic E-state index is 11.0. The minimum Gasteiger partial charge on any atom is -0.258 e. The fourth-order valence-corrected chi connectivity index (χ4v) is 2.49. The quantitative estimate of drug-likeness (QED) is 0.562. The summed E-state index contributed by atoms with van der Waals surface area (Å²) in [6, 6.07) is 13.3. The number of nitrogens with zero attached hydrogens (tertiary/aromatic N) is 1. The zero-order valence-electron chi connectivity index (χ0n) is 12.2. The summed E-state index contributed by atoms with van der Waals surface area (Å²) in [5, 5.41) is 11.0. The third-order valence-corrected chi connectivity index (χ3v) is 3.63. The Kier molecular flexibility index (Phi) is 6.25. The predicted molar refractivity (Wildman–Crippen MR) is 84.5 cm³/mol. The molecule has 0 saturated carbocycles. The van der Waals surface area contributed by atoms with Crippen molar-refractivity contribution in [2.24, 2.45) is 0 Å². The van der Waals surface area contributed by atoms with Crippen molar-refractivity contribution in [1.82, 2.24) is 0 Å². The maximum Gasteiger partial charge on any atom is 0.283 e. The van der Waals surface area contributed by atoms with Crippen LogP contribution in [0.5, 0.6) is 0 Å². The molecule has 0 bridgehead atoms. The van der Waals surface area contributed by atoms with Crippen LogP contribution in [0.1, 0.15) is 25.0 Å². The Hall–Kier alpha value is -1.81. The Labute approximate surface area is 124 Å². The Morgan fingerprint density at radius 3 is 2.05 bits per heavy atom. The number of benzene rings is 2. The second-order valence-electron chi connectivity index (χ2n) is 4.14. The molecule has 0 saturated heterocycles. The van der Waals surface area contributed by atoms with Crippen molar-refractivity contribution in [3.8, 4) is 0 Å². The molecule has 2 rings (SSSR count). The van der Waals surface area contributed by atoms with Gasteiger partial charge in [-0.2, -0.15) is 0 Å². The lowest BCUT2D eigenvalue weighted by molar-refractivity contribution is -0.387. The second-order valence-corrected chi connectivity index (χ2v) is 5.26. The van der Waals surface area contributed by atoms with Crippen LogP contribution in [0.2, 0.25) is 0 Å². The van der Waals surface area contributed by atoms with E-state index >= 15 is 0 Å². The van der Waals surface area contributed by atoms with E-state index in [4.69, 9.17) is 0 Å². The molecular weight excluding hydrogens is 270 g/mol. The molecule has 0 N–H and O–H groups in total. The zero-order valence-corrected chi connectivity index (χ0v) is 13.0. The molecule has 0 unspecified atom stereocenters. The highest BCUT2D eigenvalue weighted by Gasteiger charge is 2.14. The molecule has 0 heterocycles. The summed E-state index contributed by atoms with van der Waals surface area (Å²) in [6.45, 7) is 7.87. The molecule has 4 heteroatoms. The summed E-state index contributed by atoms with van der Waals surface area (Å²) in [7, 11) is 0. The Morgan fingerprint density at radius 1 is 0.950 bits per heavy atom. The molecule has 0 fully saturated rings. The summed E-state index contributed by atoms with van der Waals surface area (Å²) in [5.41, 5.74) is 2.24. The van der Waals surface area contributed by atoms with Crippen molar-refractivity contribution in [3.63, 3.8) is 0 Å². The molecule has 0 atom stereocenters. The number of aryl methyl sites for hydroxylation is 2. The van der Waals surface area contributed by atoms with Crippen LogP contribution in [-0.2, 0) is 0 Å². The fraction of sp³-hybridized carbons (Fsp3) is 0.250. The minimum absolute atomic E-state index is 0.167. The van der Waals surface area contributed by atoms with Crippen molar-refractivity contribution in [1.29, 1.82) is 0 Å². The van der Waals surface area contributed by atoms with Gasteiger partial charge in [0.1, 0.15) is 0 Å². The van der Waals surface area contributed by atoms with Crippen LogP contribution in [0.4, 0.5) is 5.69 Å². The fourth-order valence-electron chi connectivity index (χ4n) is 1.59. The van der Waals surface area contributed by atoms with Crippen LogP contribution in [-0.4, -0.2) is 4.92 Å². The highest BCUT2D eigenvalue weighted by molar-refractivity contribution is 7.99. The second kappa shape index (κ2) is 7.70. The van der Waals surface area contributed by atoms with Crippen molar-refractivity contribution in [2.45, 2.75) is 37.5 Å². The Morgan fingerprint density at radius 2 is 1.50 bits per heavy atom. The molecule has 106 valence electrons. The standard InChI is InChI=1S/C14H13NO2S.C2H6/c1-10-3-6-12(7-4-10)18-14-8-5-11(2)9-13(14)15(16)17;1-2/h3-9H,1-2H3;1-2H3. The number of nitro benzene ring substituents is 1. The first kappa shape index (κ1) is 16.2. The van der Waals surface area contributed by atoms with Crippen molar-refractivity contribution in [3.05, 3.63) is 63.7 Å². The smallest absolute Gasteiger partial charge is 0.258 e. The number of hydrogen-bond donors (Lipinski definition) is 0. The van der Waals surface area contributed by atoms with E-state index in [1.165, 1.54) is 17.3 Å². The lowest BCUT2D eigenvalue weighted by atomic mass is 10.2. The molecule has 3 nitrogen and oxygen atoms in total. The molecule has 0 aliphatic rings. The van der Waals surface area contributed by atoms with Gasteiger partial charge in [-0.15, -0.1) is 0 Å². The molecule has 0 aliphatic carbocycles. The van der Waals surface area contributed by atoms with E-state index in [1.807, 2.05) is 58.0 Å². The first-order chi connectivity index (χ1) is 9.56. The number of nitro groups is 1. The van der Waals surface area contributed by atoms with E-state index in [0.29, 0.717) is 4.90 Å². The first-order valence-corrected chi connectivity index (χ1v) is 7.37. The number of rotatable bonds is 3. The van der Waals surface area contributed by atoms with Gasteiger partial charge in [-0.25, -0.2) is 0 Å². The van der Waals surface area contributed by atoms with Gasteiger partial charge in [0, 0.05) is 11.0 Å². The van der Waals surface area contributed by atoms with E-state index in [1.54, 1.807) is 12.1 Å². The van der Waals surface area contributed by atoms with Gasteiger partial charge in [0.2, 0.25) is 0 Å². The average Bonchev–Trinajstić information content (AvgIpc) is 2.45. The molecule has 0 aromatic heterocycles. The summed E-state index contributed by atoms with van der Waals surface area (Å²) < 4.78 is 0. The lowest BCUT2D eigenvalue weighted by Gasteiger charge is -2.04. The van der Waals surface area contributed by atoms with Crippen LogP contribution < -0.4 is 0 Å². The third kappa shape index (κ3) is 4.38. The molecule has 0 aliphatic heterocycles. The van der Waals surface area contributed by atoms with E-state index in [9.17, 15) is 10.1 Å². The van der Waals surface area contributed by atoms with Crippen LogP contribution in [0, 0.1) is 24.0 Å². The molecule has 2 aromatic carbocycles. The number of hydrogen-bond acceptors (Lipinski definition) is 3. The molecule has 0 spiro atoms. The largest absolute Gasteiger partial charge is 0.283 e. The van der Waals surface area contributed by atoms with Gasteiger partial charge >= 0.3 is 0 Å². The minimum atomic E-state index is -0.330. The van der Waals surface area contributed by atoms with Crippen molar-refractivity contribution >= 4 is 17.4 Å². The highest BCUT2D eigenvalue weighted by Crippen LogP contribution is 2.35. The summed E-state index contributed by atoms with van der Waals surface area (Å²) in [5.74, 6) is 0. The van der Waals surface area contributed by atoms with Crippen molar-refractivity contribution < 1.29 is 4.92 Å². The maximum absolute atomic E-state index is 11.0. The van der Waals surface area contributed by atoms with Crippen LogP contribution >= 0.6 is 11.8 Å².